The van der Waals surface area contributed by atoms with E-state index in [4.69, 9.17) is 0 Å². The van der Waals surface area contributed by atoms with Crippen molar-refractivity contribution in [2.45, 2.75) is 38.2 Å². The molecule has 1 fully saturated rings. The number of hydrogen-bond donors (Lipinski definition) is 1. The Morgan fingerprint density at radius 3 is 2.56 bits per heavy atom. The van der Waals surface area contributed by atoms with Gasteiger partial charge in [0.25, 0.3) is 0 Å². The van der Waals surface area contributed by atoms with E-state index in [9.17, 15) is 5.11 Å². The molecule has 0 radical (unpaired) electrons. The van der Waals surface area contributed by atoms with Crippen LogP contribution in [0.3, 0.4) is 0 Å². The standard InChI is InChI=1S/C16H25NO/c1-17(13-15-11-16(18)12-15)10-6-5-9-14-7-3-2-4-8-14/h2-4,7-8,15-16,18H,5-6,9-13H2,1H3. The van der Waals surface area contributed by atoms with Gasteiger partial charge in [0.05, 0.1) is 6.10 Å². The number of benzene rings is 1. The van der Waals surface area contributed by atoms with E-state index >= 15 is 0 Å². The molecule has 1 aliphatic rings. The number of aliphatic hydroxyl groups is 1. The Balaban J connectivity index is 1.52. The predicted molar refractivity (Wildman–Crippen MR) is 75.6 cm³/mol. The summed E-state index contributed by atoms with van der Waals surface area (Å²) in [5.74, 6) is 0.735. The number of aliphatic hydroxyl groups excluding tert-OH is 1. The molecule has 0 spiro atoms. The first-order valence-electron chi connectivity index (χ1n) is 7.14. The summed E-state index contributed by atoms with van der Waals surface area (Å²) in [7, 11) is 2.20. The molecule has 2 heteroatoms. The number of unbranched alkanes of at least 4 members (excludes halogenated alkanes) is 1. The minimum Gasteiger partial charge on any atom is -0.393 e. The molecule has 0 unspecified atom stereocenters. The van der Waals surface area contributed by atoms with Crippen molar-refractivity contribution in [1.29, 1.82) is 0 Å². The zero-order chi connectivity index (χ0) is 12.8. The Labute approximate surface area is 111 Å². The second-order valence-electron chi connectivity index (χ2n) is 5.70. The summed E-state index contributed by atoms with van der Waals surface area (Å²) >= 11 is 0. The summed E-state index contributed by atoms with van der Waals surface area (Å²) in [6.07, 6.45) is 5.73. The smallest absolute Gasteiger partial charge is 0.0546 e. The molecular weight excluding hydrogens is 222 g/mol. The van der Waals surface area contributed by atoms with Crippen LogP contribution < -0.4 is 0 Å². The lowest BCUT2D eigenvalue weighted by molar-refractivity contribution is 0.0282. The lowest BCUT2D eigenvalue weighted by atomic mass is 9.82. The molecule has 0 amide bonds. The van der Waals surface area contributed by atoms with Crippen molar-refractivity contribution in [1.82, 2.24) is 4.90 Å². The van der Waals surface area contributed by atoms with Crippen molar-refractivity contribution in [2.24, 2.45) is 5.92 Å². The highest BCUT2D eigenvalue weighted by molar-refractivity contribution is 5.14. The first-order chi connectivity index (χ1) is 8.74. The van der Waals surface area contributed by atoms with E-state index < -0.39 is 0 Å². The molecule has 1 aliphatic carbocycles. The van der Waals surface area contributed by atoms with Crippen LogP contribution in [-0.4, -0.2) is 36.2 Å². The van der Waals surface area contributed by atoms with Crippen molar-refractivity contribution in [3.8, 4) is 0 Å². The van der Waals surface area contributed by atoms with Crippen molar-refractivity contribution in [3.63, 3.8) is 0 Å². The summed E-state index contributed by atoms with van der Waals surface area (Å²) in [4.78, 5) is 2.42. The van der Waals surface area contributed by atoms with E-state index in [-0.39, 0.29) is 6.10 Å². The maximum atomic E-state index is 9.25. The van der Waals surface area contributed by atoms with Gasteiger partial charge in [0.1, 0.15) is 0 Å². The van der Waals surface area contributed by atoms with E-state index in [2.05, 4.69) is 42.3 Å². The Morgan fingerprint density at radius 1 is 1.17 bits per heavy atom. The van der Waals surface area contributed by atoms with Crippen LogP contribution in [0, 0.1) is 5.92 Å². The molecule has 2 rings (SSSR count). The molecule has 0 atom stereocenters. The molecule has 0 aliphatic heterocycles. The highest BCUT2D eigenvalue weighted by Gasteiger charge is 2.27. The molecule has 1 aromatic rings. The SMILES string of the molecule is CN(CCCCc1ccccc1)CC1CC(O)C1. The van der Waals surface area contributed by atoms with Crippen LogP contribution in [0.2, 0.25) is 0 Å². The first kappa shape index (κ1) is 13.6. The van der Waals surface area contributed by atoms with Crippen LogP contribution >= 0.6 is 0 Å². The predicted octanol–water partition coefficient (Wildman–Crippen LogP) is 2.71. The summed E-state index contributed by atoms with van der Waals surface area (Å²) < 4.78 is 0. The molecule has 1 saturated carbocycles. The number of hydrogen-bond acceptors (Lipinski definition) is 2. The average molecular weight is 247 g/mol. The van der Waals surface area contributed by atoms with E-state index in [1.54, 1.807) is 0 Å². The molecule has 0 bridgehead atoms. The molecule has 1 N–H and O–H groups in total. The number of aryl methyl sites for hydroxylation is 1. The van der Waals surface area contributed by atoms with Crippen LogP contribution in [0.5, 0.6) is 0 Å². The van der Waals surface area contributed by atoms with Crippen molar-refractivity contribution in [3.05, 3.63) is 35.9 Å². The second-order valence-corrected chi connectivity index (χ2v) is 5.70. The Bertz CT molecular complexity index is 332. The van der Waals surface area contributed by atoms with E-state index in [0.717, 1.165) is 25.3 Å². The third kappa shape index (κ3) is 4.43. The lowest BCUT2D eigenvalue weighted by Crippen LogP contribution is -2.37. The lowest BCUT2D eigenvalue weighted by Gasteiger charge is -2.34. The van der Waals surface area contributed by atoms with Crippen LogP contribution in [0.1, 0.15) is 31.2 Å². The molecule has 0 saturated heterocycles. The van der Waals surface area contributed by atoms with Gasteiger partial charge in [-0.2, -0.15) is 0 Å². The van der Waals surface area contributed by atoms with Gasteiger partial charge < -0.3 is 10.0 Å². The summed E-state index contributed by atoms with van der Waals surface area (Å²) in [6.45, 7) is 2.34. The van der Waals surface area contributed by atoms with E-state index in [1.165, 1.54) is 31.4 Å². The molecule has 0 aromatic heterocycles. The third-order valence-electron chi connectivity index (χ3n) is 3.88. The summed E-state index contributed by atoms with van der Waals surface area (Å²) in [6, 6.07) is 10.7. The van der Waals surface area contributed by atoms with Crippen molar-refractivity contribution >= 4 is 0 Å². The zero-order valence-electron chi connectivity index (χ0n) is 11.4. The summed E-state index contributed by atoms with van der Waals surface area (Å²) in [5.41, 5.74) is 1.45. The van der Waals surface area contributed by atoms with Gasteiger partial charge in [-0.15, -0.1) is 0 Å². The van der Waals surface area contributed by atoms with E-state index in [1.807, 2.05) is 0 Å². The van der Waals surface area contributed by atoms with Crippen LogP contribution in [0.15, 0.2) is 30.3 Å². The number of rotatable bonds is 7. The number of nitrogens with zero attached hydrogens (tertiary/aromatic N) is 1. The fourth-order valence-electron chi connectivity index (χ4n) is 2.74. The van der Waals surface area contributed by atoms with Gasteiger partial charge in [0.2, 0.25) is 0 Å². The van der Waals surface area contributed by atoms with Gasteiger partial charge in [-0.05, 0) is 57.2 Å². The Morgan fingerprint density at radius 2 is 1.89 bits per heavy atom. The molecule has 18 heavy (non-hydrogen) atoms. The van der Waals surface area contributed by atoms with Gasteiger partial charge in [-0.25, -0.2) is 0 Å². The normalized spacial score (nSPS) is 23.1. The maximum absolute atomic E-state index is 9.25. The Kier molecular flexibility index (Phi) is 5.21. The van der Waals surface area contributed by atoms with Crippen LogP contribution in [-0.2, 0) is 6.42 Å². The first-order valence-corrected chi connectivity index (χ1v) is 7.14. The quantitative estimate of drug-likeness (QED) is 0.749. The average Bonchev–Trinajstić information content (AvgIpc) is 2.34. The fourth-order valence-corrected chi connectivity index (χ4v) is 2.74. The topological polar surface area (TPSA) is 23.5 Å². The minimum atomic E-state index is -0.0125. The minimum absolute atomic E-state index is 0.0125. The zero-order valence-corrected chi connectivity index (χ0v) is 11.4. The van der Waals surface area contributed by atoms with Crippen molar-refractivity contribution < 1.29 is 5.11 Å². The largest absolute Gasteiger partial charge is 0.393 e. The highest BCUT2D eigenvalue weighted by Crippen LogP contribution is 2.27. The molecular formula is C16H25NO. The van der Waals surface area contributed by atoms with E-state index in [0.29, 0.717) is 0 Å². The molecule has 100 valence electrons. The van der Waals surface area contributed by atoms with Crippen LogP contribution in [0.25, 0.3) is 0 Å². The summed E-state index contributed by atoms with van der Waals surface area (Å²) in [5, 5.41) is 9.25. The monoisotopic (exact) mass is 247 g/mol. The van der Waals surface area contributed by atoms with Gasteiger partial charge in [0.15, 0.2) is 0 Å². The van der Waals surface area contributed by atoms with Crippen molar-refractivity contribution in [2.75, 3.05) is 20.1 Å². The van der Waals surface area contributed by atoms with Crippen LogP contribution in [0.4, 0.5) is 0 Å². The second kappa shape index (κ2) is 6.91. The fraction of sp³-hybridized carbons (Fsp3) is 0.625. The third-order valence-corrected chi connectivity index (χ3v) is 3.88. The maximum Gasteiger partial charge on any atom is 0.0546 e. The highest BCUT2D eigenvalue weighted by atomic mass is 16.3. The van der Waals surface area contributed by atoms with Gasteiger partial charge in [-0.3, -0.25) is 0 Å². The van der Waals surface area contributed by atoms with Gasteiger partial charge in [0, 0.05) is 6.54 Å². The molecule has 1 aromatic carbocycles. The van der Waals surface area contributed by atoms with Gasteiger partial charge in [-0.1, -0.05) is 30.3 Å². The molecule has 0 heterocycles. The van der Waals surface area contributed by atoms with Gasteiger partial charge >= 0.3 is 0 Å². The Hall–Kier alpha value is -0.860. The molecule has 2 nitrogen and oxygen atoms in total.